The van der Waals surface area contributed by atoms with Crippen molar-refractivity contribution in [1.29, 1.82) is 0 Å². The number of nitrogens with zero attached hydrogens (tertiary/aromatic N) is 2. The minimum atomic E-state index is -1.79. The number of carbonyl (C=O) groups is 2. The fourth-order valence-corrected chi connectivity index (χ4v) is 8.08. The lowest BCUT2D eigenvalue weighted by Crippen LogP contribution is -2.59. The van der Waals surface area contributed by atoms with Crippen LogP contribution in [0.25, 0.3) is 0 Å². The molecule has 15 nitrogen and oxygen atoms in total. The molecule has 7 N–H and O–H groups in total. The molecule has 310 valence electrons. The molecule has 2 aliphatic rings. The fraction of sp³-hybridized carbons (Fsp3) is 0.795. The van der Waals surface area contributed by atoms with E-state index in [9.17, 15) is 35.1 Å². The predicted molar refractivity (Wildman–Crippen MR) is 199 cm³/mol. The molecule has 0 aromatic heterocycles. The molecule has 2 fully saturated rings. The van der Waals surface area contributed by atoms with Crippen molar-refractivity contribution in [3.63, 3.8) is 0 Å². The van der Waals surface area contributed by atoms with Gasteiger partial charge in [0.05, 0.1) is 42.9 Å². The first-order chi connectivity index (χ1) is 25.1. The number of amides is 1. The number of carbonyl (C=O) groups excluding carboxylic acids is 2. The molecule has 1 aromatic rings. The molecule has 0 bridgehead atoms. The van der Waals surface area contributed by atoms with Gasteiger partial charge < -0.3 is 49.4 Å². The first-order valence-corrected chi connectivity index (χ1v) is 19.2. The summed E-state index contributed by atoms with van der Waals surface area (Å²) < 4.78 is 24.1. The van der Waals surface area contributed by atoms with Crippen LogP contribution >= 0.6 is 0 Å². The Morgan fingerprint density at radius 1 is 1.06 bits per heavy atom. The van der Waals surface area contributed by atoms with Gasteiger partial charge in [0, 0.05) is 31.1 Å². The zero-order chi connectivity index (χ0) is 40.7. The SMILES string of the molecule is CC[C@H]1OC(=O)[C@H](C)[C@@H](O)[C@H](C)[C@@H](O[C@@H]2O[C@H](C)C[C@H](N(C)Cc3ccc(OCCC(=O)NO)cc3)[C@H]2O)[C@](C)(O)C[C@@H](C)CN(C)[C@H](C)[C@@H](O)[C@]1(C)O. The number of benzene rings is 1. The van der Waals surface area contributed by atoms with Gasteiger partial charge in [0.15, 0.2) is 6.29 Å². The Bertz CT molecular complexity index is 1330. The average Bonchev–Trinajstić information content (AvgIpc) is 3.11. The Hall–Kier alpha value is -2.44. The molecule has 15 heteroatoms. The van der Waals surface area contributed by atoms with Gasteiger partial charge >= 0.3 is 5.97 Å². The van der Waals surface area contributed by atoms with E-state index in [2.05, 4.69) is 0 Å². The number of cyclic esters (lactones) is 1. The molecular weight excluding hydrogens is 702 g/mol. The molecule has 1 aromatic carbocycles. The van der Waals surface area contributed by atoms with Crippen molar-refractivity contribution in [2.75, 3.05) is 27.2 Å². The lowest BCUT2D eigenvalue weighted by atomic mass is 9.78. The van der Waals surface area contributed by atoms with E-state index in [1.165, 1.54) is 13.8 Å². The molecule has 0 saturated carbocycles. The highest BCUT2D eigenvalue weighted by molar-refractivity contribution is 5.74. The van der Waals surface area contributed by atoms with Gasteiger partial charge in [0.25, 0.3) is 0 Å². The summed E-state index contributed by atoms with van der Waals surface area (Å²) >= 11 is 0. The Balaban J connectivity index is 1.86. The van der Waals surface area contributed by atoms with Crippen molar-refractivity contribution in [1.82, 2.24) is 15.3 Å². The largest absolute Gasteiger partial charge is 0.493 e. The van der Waals surface area contributed by atoms with Crippen LogP contribution in [0, 0.1) is 17.8 Å². The van der Waals surface area contributed by atoms with Crippen LogP contribution in [0.3, 0.4) is 0 Å². The quantitative estimate of drug-likeness (QED) is 0.103. The Labute approximate surface area is 320 Å². The standard InChI is InChI=1S/C39H67N3O12/c1-11-30-39(8,49)34(46)26(6)41(9)20-22(2)19-38(7,48)35(24(4)32(44)25(5)36(47)53-30)54-37-33(45)29(18-23(3)52-37)42(10)21-27-12-14-28(15-13-27)51-17-16-31(43)40-50/h12-15,22-26,29-30,32-35,37,44-46,48-50H,11,16-21H2,1-10H3,(H,40,43)/t22-,23-,24+,25-,26-,29+,30-,32+,33-,34-,35-,37+,38-,39-/m1/s1. The number of esters is 1. The Morgan fingerprint density at radius 2 is 1.69 bits per heavy atom. The van der Waals surface area contributed by atoms with E-state index in [0.29, 0.717) is 25.3 Å². The van der Waals surface area contributed by atoms with Crippen LogP contribution in [-0.2, 0) is 30.3 Å². The van der Waals surface area contributed by atoms with E-state index >= 15 is 0 Å². The van der Waals surface area contributed by atoms with Gasteiger partial charge in [-0.3, -0.25) is 19.7 Å². The number of likely N-dealkylation sites (N-methyl/N-ethyl adjacent to an activating group) is 2. The normalized spacial score (nSPS) is 39.3. The molecule has 2 heterocycles. The highest BCUT2D eigenvalue weighted by Crippen LogP contribution is 2.37. The molecule has 14 atom stereocenters. The van der Waals surface area contributed by atoms with Crippen LogP contribution in [0.4, 0.5) is 0 Å². The summed E-state index contributed by atoms with van der Waals surface area (Å²) in [5, 5.41) is 67.0. The second-order valence-electron chi connectivity index (χ2n) is 16.3. The molecule has 1 amide bonds. The van der Waals surface area contributed by atoms with Gasteiger partial charge in [0.2, 0.25) is 5.91 Å². The zero-order valence-electron chi connectivity index (χ0n) is 33.7. The molecule has 54 heavy (non-hydrogen) atoms. The summed E-state index contributed by atoms with van der Waals surface area (Å²) in [4.78, 5) is 28.6. The third-order valence-electron chi connectivity index (χ3n) is 11.4. The van der Waals surface area contributed by atoms with E-state index in [4.69, 9.17) is 24.2 Å². The Kier molecular flexibility index (Phi) is 16.7. The van der Waals surface area contributed by atoms with E-state index in [0.717, 1.165) is 5.56 Å². The maximum atomic E-state index is 13.5. The lowest BCUT2D eigenvalue weighted by Gasteiger charge is -2.47. The molecule has 3 rings (SSSR count). The first-order valence-electron chi connectivity index (χ1n) is 19.2. The smallest absolute Gasteiger partial charge is 0.311 e. The van der Waals surface area contributed by atoms with Crippen molar-refractivity contribution >= 4 is 11.9 Å². The second-order valence-corrected chi connectivity index (χ2v) is 16.3. The van der Waals surface area contributed by atoms with Crippen LogP contribution in [0.15, 0.2) is 24.3 Å². The average molecular weight is 770 g/mol. The third-order valence-corrected chi connectivity index (χ3v) is 11.4. The maximum absolute atomic E-state index is 13.5. The molecule has 2 saturated heterocycles. The van der Waals surface area contributed by atoms with Gasteiger partial charge in [0.1, 0.15) is 29.7 Å². The van der Waals surface area contributed by atoms with Gasteiger partial charge in [-0.2, -0.15) is 0 Å². The van der Waals surface area contributed by atoms with Crippen molar-refractivity contribution in [3.05, 3.63) is 29.8 Å². The van der Waals surface area contributed by atoms with Crippen LogP contribution in [0.1, 0.15) is 86.6 Å². The van der Waals surface area contributed by atoms with Crippen molar-refractivity contribution < 1.29 is 59.3 Å². The molecule has 0 unspecified atom stereocenters. The van der Waals surface area contributed by atoms with E-state index in [-0.39, 0.29) is 37.9 Å². The summed E-state index contributed by atoms with van der Waals surface area (Å²) in [6.07, 6.45) is -6.56. The summed E-state index contributed by atoms with van der Waals surface area (Å²) in [6.45, 7) is 14.6. The number of nitrogens with one attached hydrogen (secondary N) is 1. The zero-order valence-corrected chi connectivity index (χ0v) is 33.7. The van der Waals surface area contributed by atoms with Crippen molar-refractivity contribution in [2.24, 2.45) is 17.8 Å². The van der Waals surface area contributed by atoms with E-state index < -0.39 is 83.8 Å². The topological polar surface area (TPSA) is 211 Å². The van der Waals surface area contributed by atoms with Gasteiger partial charge in [-0.1, -0.05) is 32.9 Å². The molecule has 2 aliphatic heterocycles. The number of hydrogen-bond donors (Lipinski definition) is 7. The van der Waals surface area contributed by atoms with Crippen LogP contribution < -0.4 is 10.2 Å². The van der Waals surface area contributed by atoms with Crippen LogP contribution in [0.5, 0.6) is 5.75 Å². The number of aliphatic hydroxyl groups is 5. The number of rotatable bonds is 10. The van der Waals surface area contributed by atoms with Crippen molar-refractivity contribution in [3.8, 4) is 5.75 Å². The van der Waals surface area contributed by atoms with E-state index in [1.54, 1.807) is 45.3 Å². The lowest BCUT2D eigenvalue weighted by molar-refractivity contribution is -0.300. The fourth-order valence-electron chi connectivity index (χ4n) is 8.08. The first kappa shape index (κ1) is 45.9. The highest BCUT2D eigenvalue weighted by atomic mass is 16.7. The number of ether oxygens (including phenoxy) is 4. The Morgan fingerprint density at radius 3 is 2.28 bits per heavy atom. The number of hydroxylamine groups is 1. The number of aliphatic hydroxyl groups excluding tert-OH is 3. The van der Waals surface area contributed by atoms with Gasteiger partial charge in [-0.15, -0.1) is 0 Å². The van der Waals surface area contributed by atoms with E-state index in [1.807, 2.05) is 49.9 Å². The second kappa shape index (κ2) is 19.6. The molecule has 0 aliphatic carbocycles. The summed E-state index contributed by atoms with van der Waals surface area (Å²) in [6, 6.07) is 6.37. The number of hydrogen-bond acceptors (Lipinski definition) is 14. The molecule has 0 radical (unpaired) electrons. The third kappa shape index (κ3) is 11.6. The summed E-state index contributed by atoms with van der Waals surface area (Å²) in [5.41, 5.74) is -0.860. The van der Waals surface area contributed by atoms with Crippen molar-refractivity contribution in [2.45, 2.75) is 154 Å². The molecule has 0 spiro atoms. The highest BCUT2D eigenvalue weighted by Gasteiger charge is 2.50. The van der Waals surface area contributed by atoms with Gasteiger partial charge in [-0.05, 0) is 91.6 Å². The van der Waals surface area contributed by atoms with Crippen LogP contribution in [0.2, 0.25) is 0 Å². The molecular formula is C39H67N3O12. The van der Waals surface area contributed by atoms with Gasteiger partial charge in [-0.25, -0.2) is 5.48 Å². The monoisotopic (exact) mass is 769 g/mol. The van der Waals surface area contributed by atoms with Crippen LogP contribution in [-0.4, -0.2) is 146 Å². The minimum absolute atomic E-state index is 0.00777. The maximum Gasteiger partial charge on any atom is 0.311 e. The summed E-state index contributed by atoms with van der Waals surface area (Å²) in [7, 11) is 3.70. The minimum Gasteiger partial charge on any atom is -0.493 e. The predicted octanol–water partition coefficient (Wildman–Crippen LogP) is 1.82. The summed E-state index contributed by atoms with van der Waals surface area (Å²) in [5.74, 6) is -2.86.